The van der Waals surface area contributed by atoms with E-state index in [1.807, 2.05) is 0 Å². The Balaban J connectivity index is 1.66. The molecule has 0 atom stereocenters. The molecule has 0 aromatic heterocycles. The summed E-state index contributed by atoms with van der Waals surface area (Å²) >= 11 is 0. The first-order valence-corrected chi connectivity index (χ1v) is 9.75. The van der Waals surface area contributed by atoms with Crippen LogP contribution in [0.4, 0.5) is 5.69 Å². The molecular weight excluding hydrogens is 428 g/mol. The highest BCUT2D eigenvalue weighted by Gasteiger charge is 2.17. The predicted octanol–water partition coefficient (Wildman–Crippen LogP) is 3.27. The Morgan fingerprint density at radius 1 is 0.758 bits per heavy atom. The third-order valence-corrected chi connectivity index (χ3v) is 4.71. The summed E-state index contributed by atoms with van der Waals surface area (Å²) in [5, 5.41) is 23.6. The van der Waals surface area contributed by atoms with Crippen LogP contribution in [0, 0.1) is 0 Å². The highest BCUT2D eigenvalue weighted by Crippen LogP contribution is 2.20. The normalized spacial score (nSPS) is 10.2. The summed E-state index contributed by atoms with van der Waals surface area (Å²) in [6.45, 7) is 0.119. The topological polar surface area (TPSA) is 142 Å². The summed E-state index contributed by atoms with van der Waals surface area (Å²) in [5.74, 6) is -3.22. The van der Waals surface area contributed by atoms with Gasteiger partial charge in [-0.3, -0.25) is 9.59 Å². The van der Waals surface area contributed by atoms with Crippen LogP contribution in [0.1, 0.15) is 47.0 Å². The third-order valence-electron chi connectivity index (χ3n) is 4.71. The molecule has 0 saturated carbocycles. The van der Waals surface area contributed by atoms with Gasteiger partial charge in [0.1, 0.15) is 12.4 Å². The van der Waals surface area contributed by atoms with E-state index in [1.54, 1.807) is 36.4 Å². The SMILES string of the molecule is CNC(=O)c1ccc(OCc2ccc(NC(=O)c3ccccc3C(=O)O)cc2)cc1C(=O)O. The molecule has 0 bridgehead atoms. The van der Waals surface area contributed by atoms with Crippen LogP contribution in [0.15, 0.2) is 66.7 Å². The Hall–Kier alpha value is -4.66. The van der Waals surface area contributed by atoms with Gasteiger partial charge >= 0.3 is 11.9 Å². The number of carbonyl (C=O) groups is 4. The zero-order valence-corrected chi connectivity index (χ0v) is 17.5. The van der Waals surface area contributed by atoms with Crippen molar-refractivity contribution in [1.82, 2.24) is 5.32 Å². The van der Waals surface area contributed by atoms with Gasteiger partial charge in [-0.15, -0.1) is 0 Å². The van der Waals surface area contributed by atoms with Crippen LogP contribution in [0.2, 0.25) is 0 Å². The van der Waals surface area contributed by atoms with E-state index in [-0.39, 0.29) is 34.6 Å². The van der Waals surface area contributed by atoms with E-state index in [0.717, 1.165) is 5.56 Å². The van der Waals surface area contributed by atoms with Crippen molar-refractivity contribution in [2.45, 2.75) is 6.61 Å². The van der Waals surface area contributed by atoms with Gasteiger partial charge in [0.25, 0.3) is 11.8 Å². The Morgan fingerprint density at radius 3 is 1.97 bits per heavy atom. The summed E-state index contributed by atoms with van der Waals surface area (Å²) in [5.41, 5.74) is 1.02. The van der Waals surface area contributed by atoms with E-state index in [1.165, 1.54) is 37.4 Å². The lowest BCUT2D eigenvalue weighted by molar-refractivity contribution is 0.0683. The van der Waals surface area contributed by atoms with Crippen LogP contribution in [0.25, 0.3) is 0 Å². The summed E-state index contributed by atoms with van der Waals surface area (Å²) < 4.78 is 5.64. The minimum absolute atomic E-state index is 0.0296. The average molecular weight is 448 g/mol. The lowest BCUT2D eigenvalue weighted by Gasteiger charge is -2.11. The number of benzene rings is 3. The molecule has 3 aromatic rings. The molecule has 0 spiro atoms. The van der Waals surface area contributed by atoms with Gasteiger partial charge in [-0.1, -0.05) is 24.3 Å². The minimum atomic E-state index is -1.25. The molecule has 0 aliphatic rings. The van der Waals surface area contributed by atoms with E-state index in [9.17, 15) is 29.4 Å². The van der Waals surface area contributed by atoms with Crippen LogP contribution in [0.5, 0.6) is 5.75 Å². The number of hydrogen-bond acceptors (Lipinski definition) is 5. The Morgan fingerprint density at radius 2 is 1.36 bits per heavy atom. The van der Waals surface area contributed by atoms with Crippen molar-refractivity contribution in [2.24, 2.45) is 0 Å². The number of hydrogen-bond donors (Lipinski definition) is 4. The number of ether oxygens (including phenoxy) is 1. The fourth-order valence-electron chi connectivity index (χ4n) is 3.04. The molecule has 9 heteroatoms. The van der Waals surface area contributed by atoms with Crippen molar-refractivity contribution in [3.63, 3.8) is 0 Å². The molecule has 3 rings (SSSR count). The molecule has 168 valence electrons. The van der Waals surface area contributed by atoms with Crippen molar-refractivity contribution in [3.05, 3.63) is 94.5 Å². The van der Waals surface area contributed by atoms with Crippen LogP contribution in [-0.2, 0) is 6.61 Å². The van der Waals surface area contributed by atoms with Gasteiger partial charge in [-0.2, -0.15) is 0 Å². The fraction of sp³-hybridized carbons (Fsp3) is 0.0833. The molecular formula is C24H20N2O7. The number of nitrogens with one attached hydrogen (secondary N) is 2. The molecule has 0 radical (unpaired) electrons. The van der Waals surface area contributed by atoms with E-state index in [2.05, 4.69) is 10.6 Å². The van der Waals surface area contributed by atoms with Crippen molar-refractivity contribution in [1.29, 1.82) is 0 Å². The average Bonchev–Trinajstić information content (AvgIpc) is 2.82. The van der Waals surface area contributed by atoms with E-state index < -0.39 is 23.8 Å². The number of rotatable bonds is 8. The van der Waals surface area contributed by atoms with Crippen LogP contribution in [0.3, 0.4) is 0 Å². The third kappa shape index (κ3) is 5.53. The van der Waals surface area contributed by atoms with Gasteiger partial charge in [0.2, 0.25) is 0 Å². The van der Waals surface area contributed by atoms with E-state index in [0.29, 0.717) is 5.69 Å². The number of carboxylic acids is 2. The quantitative estimate of drug-likeness (QED) is 0.414. The second kappa shape index (κ2) is 10.1. The molecule has 2 amide bonds. The Bertz CT molecular complexity index is 1220. The molecule has 0 aliphatic heterocycles. The Labute approximate surface area is 188 Å². The molecule has 0 heterocycles. The van der Waals surface area contributed by atoms with Crippen LogP contribution in [-0.4, -0.2) is 41.0 Å². The van der Waals surface area contributed by atoms with Gasteiger partial charge in [0, 0.05) is 12.7 Å². The standard InChI is InChI=1S/C24H20N2O7/c1-25-21(27)18-11-10-16(12-20(18)24(31)32)33-13-14-6-8-15(9-7-14)26-22(28)17-4-2-3-5-19(17)23(29)30/h2-12H,13H2,1H3,(H,25,27)(H,26,28)(H,29,30)(H,31,32). The molecule has 0 fully saturated rings. The maximum atomic E-state index is 12.4. The van der Waals surface area contributed by atoms with Crippen molar-refractivity contribution >= 4 is 29.4 Å². The molecule has 4 N–H and O–H groups in total. The lowest BCUT2D eigenvalue weighted by atomic mass is 10.1. The summed E-state index contributed by atoms with van der Waals surface area (Å²) in [4.78, 5) is 47.0. The van der Waals surface area contributed by atoms with Crippen LogP contribution >= 0.6 is 0 Å². The number of aromatic carboxylic acids is 2. The largest absolute Gasteiger partial charge is 0.489 e. The zero-order chi connectivity index (χ0) is 24.0. The van der Waals surface area contributed by atoms with Crippen molar-refractivity contribution in [3.8, 4) is 5.75 Å². The zero-order valence-electron chi connectivity index (χ0n) is 17.5. The smallest absolute Gasteiger partial charge is 0.336 e. The van der Waals surface area contributed by atoms with Gasteiger partial charge in [0.05, 0.1) is 22.3 Å². The number of carbonyl (C=O) groups excluding carboxylic acids is 2. The van der Waals surface area contributed by atoms with E-state index in [4.69, 9.17) is 4.74 Å². The van der Waals surface area contributed by atoms with Crippen molar-refractivity contribution < 1.29 is 34.1 Å². The highest BCUT2D eigenvalue weighted by molar-refractivity contribution is 6.10. The summed E-state index contributed by atoms with van der Waals surface area (Å²) in [7, 11) is 1.41. The molecule has 9 nitrogen and oxygen atoms in total. The first kappa shape index (κ1) is 23.0. The van der Waals surface area contributed by atoms with Gasteiger partial charge in [-0.25, -0.2) is 9.59 Å². The maximum Gasteiger partial charge on any atom is 0.336 e. The van der Waals surface area contributed by atoms with E-state index >= 15 is 0 Å². The first-order chi connectivity index (χ1) is 15.8. The first-order valence-electron chi connectivity index (χ1n) is 9.75. The Kier molecular flexibility index (Phi) is 7.04. The van der Waals surface area contributed by atoms with Crippen LogP contribution < -0.4 is 15.4 Å². The fourth-order valence-corrected chi connectivity index (χ4v) is 3.04. The molecule has 0 aliphatic carbocycles. The summed E-state index contributed by atoms with van der Waals surface area (Å²) in [6, 6.07) is 16.8. The molecule has 0 unspecified atom stereocenters. The number of carboxylic acid groups (broad SMARTS) is 2. The monoisotopic (exact) mass is 448 g/mol. The second-order valence-corrected chi connectivity index (χ2v) is 6.88. The predicted molar refractivity (Wildman–Crippen MR) is 119 cm³/mol. The number of anilines is 1. The van der Waals surface area contributed by atoms with Gasteiger partial charge in [0.15, 0.2) is 0 Å². The highest BCUT2D eigenvalue weighted by atomic mass is 16.5. The number of amides is 2. The summed E-state index contributed by atoms with van der Waals surface area (Å²) in [6.07, 6.45) is 0. The molecule has 0 saturated heterocycles. The van der Waals surface area contributed by atoms with Crippen molar-refractivity contribution in [2.75, 3.05) is 12.4 Å². The maximum absolute atomic E-state index is 12.4. The molecule has 3 aromatic carbocycles. The second-order valence-electron chi connectivity index (χ2n) is 6.88. The van der Waals surface area contributed by atoms with Gasteiger partial charge < -0.3 is 25.6 Å². The lowest BCUT2D eigenvalue weighted by Crippen LogP contribution is -2.21. The minimum Gasteiger partial charge on any atom is -0.489 e. The van der Waals surface area contributed by atoms with Gasteiger partial charge in [-0.05, 0) is 48.0 Å². The molecule has 33 heavy (non-hydrogen) atoms.